The van der Waals surface area contributed by atoms with Crippen molar-refractivity contribution in [1.29, 1.82) is 0 Å². The quantitative estimate of drug-likeness (QED) is 0.860. The number of hydrogen-bond acceptors (Lipinski definition) is 3. The van der Waals surface area contributed by atoms with Crippen molar-refractivity contribution < 1.29 is 14.6 Å². The zero-order chi connectivity index (χ0) is 13.3. The smallest absolute Gasteiger partial charge is 0.244 e. The molecule has 1 saturated heterocycles. The van der Waals surface area contributed by atoms with Crippen LogP contribution in [0.1, 0.15) is 5.56 Å². The number of aliphatic hydroxyl groups excluding tert-OH is 1. The first kappa shape index (κ1) is 13.5. The van der Waals surface area contributed by atoms with Crippen LogP contribution in [-0.4, -0.2) is 40.0 Å². The van der Waals surface area contributed by atoms with Crippen molar-refractivity contribution in [3.63, 3.8) is 0 Å². The number of halogens is 2. The van der Waals surface area contributed by atoms with Gasteiger partial charge in [0.25, 0.3) is 0 Å². The molecule has 0 aliphatic carbocycles. The molecule has 0 saturated carbocycles. The van der Waals surface area contributed by atoms with E-state index >= 15 is 0 Å². The molecule has 3 atom stereocenters. The molecule has 1 heterocycles. The number of methoxy groups -OCH3 is 1. The summed E-state index contributed by atoms with van der Waals surface area (Å²) in [6, 6.07) is 7.28. The van der Waals surface area contributed by atoms with Crippen molar-refractivity contribution in [2.45, 2.75) is 23.5 Å². The van der Waals surface area contributed by atoms with Crippen molar-refractivity contribution in [2.75, 3.05) is 7.11 Å². The summed E-state index contributed by atoms with van der Waals surface area (Å²) in [5.74, 6) is 0.289. The molecule has 1 aliphatic heterocycles. The second kappa shape index (κ2) is 5.34. The molecule has 0 aromatic heterocycles. The standard InChI is InChI=1S/C12H13Cl2NO3/c1-18-8-5-3-2-4-7(8)6-15-11(16)9(13)10(14)12(15)17/h2-5,9-11,16H,6H2,1H3. The topological polar surface area (TPSA) is 49.8 Å². The van der Waals surface area contributed by atoms with Crippen LogP contribution in [0.15, 0.2) is 24.3 Å². The number of benzene rings is 1. The Kier molecular flexibility index (Phi) is 4.00. The molecule has 0 bridgehead atoms. The molecular formula is C12H13Cl2NO3. The number of alkyl halides is 2. The van der Waals surface area contributed by atoms with Crippen LogP contribution in [0, 0.1) is 0 Å². The van der Waals surface area contributed by atoms with Crippen molar-refractivity contribution in [1.82, 2.24) is 4.90 Å². The average Bonchev–Trinajstić information content (AvgIpc) is 2.57. The molecular weight excluding hydrogens is 277 g/mol. The van der Waals surface area contributed by atoms with Crippen molar-refractivity contribution in [3.8, 4) is 5.75 Å². The second-order valence-corrected chi connectivity index (χ2v) is 5.01. The van der Waals surface area contributed by atoms with Gasteiger partial charge in [-0.1, -0.05) is 18.2 Å². The van der Waals surface area contributed by atoms with Crippen LogP contribution in [0.4, 0.5) is 0 Å². The maximum absolute atomic E-state index is 11.8. The number of carbonyl (C=O) groups is 1. The van der Waals surface area contributed by atoms with E-state index in [0.717, 1.165) is 5.56 Å². The fraction of sp³-hybridized carbons (Fsp3) is 0.417. The lowest BCUT2D eigenvalue weighted by molar-refractivity contribution is -0.133. The van der Waals surface area contributed by atoms with Crippen molar-refractivity contribution >= 4 is 29.1 Å². The highest BCUT2D eigenvalue weighted by Crippen LogP contribution is 2.30. The molecule has 3 unspecified atom stereocenters. The molecule has 0 spiro atoms. The highest BCUT2D eigenvalue weighted by Gasteiger charge is 2.45. The molecule has 1 aliphatic rings. The van der Waals surface area contributed by atoms with Gasteiger partial charge >= 0.3 is 0 Å². The number of aliphatic hydroxyl groups is 1. The number of ether oxygens (including phenoxy) is 1. The van der Waals surface area contributed by atoms with Crippen LogP contribution >= 0.6 is 23.2 Å². The Balaban J connectivity index is 2.21. The summed E-state index contributed by atoms with van der Waals surface area (Å²) in [5.41, 5.74) is 0.794. The summed E-state index contributed by atoms with van der Waals surface area (Å²) in [6.45, 7) is 0.219. The number of hydrogen-bond donors (Lipinski definition) is 1. The van der Waals surface area contributed by atoms with Crippen LogP contribution in [0.3, 0.4) is 0 Å². The zero-order valence-corrected chi connectivity index (χ0v) is 11.2. The van der Waals surface area contributed by atoms with Crippen LogP contribution in [0.2, 0.25) is 0 Å². The van der Waals surface area contributed by atoms with Crippen LogP contribution in [-0.2, 0) is 11.3 Å². The monoisotopic (exact) mass is 289 g/mol. The summed E-state index contributed by atoms with van der Waals surface area (Å²) in [5, 5.41) is 8.18. The van der Waals surface area contributed by atoms with E-state index in [2.05, 4.69) is 0 Å². The summed E-state index contributed by atoms with van der Waals surface area (Å²) < 4.78 is 5.19. The van der Waals surface area contributed by atoms with E-state index in [1.54, 1.807) is 13.2 Å². The van der Waals surface area contributed by atoms with E-state index in [9.17, 15) is 9.90 Å². The minimum Gasteiger partial charge on any atom is -0.496 e. The van der Waals surface area contributed by atoms with E-state index in [1.165, 1.54) is 4.90 Å². The number of para-hydroxylation sites is 1. The predicted octanol–water partition coefficient (Wildman–Crippen LogP) is 1.57. The number of carbonyl (C=O) groups excluding carboxylic acids is 1. The van der Waals surface area contributed by atoms with E-state index in [1.807, 2.05) is 18.2 Å². The Hall–Kier alpha value is -0.970. The Morgan fingerprint density at radius 1 is 1.39 bits per heavy atom. The molecule has 4 nitrogen and oxygen atoms in total. The fourth-order valence-electron chi connectivity index (χ4n) is 1.94. The largest absolute Gasteiger partial charge is 0.496 e. The molecule has 2 rings (SSSR count). The predicted molar refractivity (Wildman–Crippen MR) is 68.8 cm³/mol. The lowest BCUT2D eigenvalue weighted by atomic mass is 10.2. The highest BCUT2D eigenvalue weighted by atomic mass is 35.5. The van der Waals surface area contributed by atoms with Gasteiger partial charge in [0.15, 0.2) is 0 Å². The molecule has 1 amide bonds. The average molecular weight is 290 g/mol. The maximum atomic E-state index is 11.8. The van der Waals surface area contributed by atoms with Gasteiger partial charge in [-0.2, -0.15) is 0 Å². The third kappa shape index (κ3) is 2.28. The van der Waals surface area contributed by atoms with E-state index in [4.69, 9.17) is 27.9 Å². The molecule has 1 N–H and O–H groups in total. The van der Waals surface area contributed by atoms with Gasteiger partial charge in [0, 0.05) is 5.56 Å². The van der Waals surface area contributed by atoms with Crippen LogP contribution in [0.25, 0.3) is 0 Å². The molecule has 1 aromatic carbocycles. The number of nitrogens with zero attached hydrogens (tertiary/aromatic N) is 1. The van der Waals surface area contributed by atoms with Crippen molar-refractivity contribution in [3.05, 3.63) is 29.8 Å². The minimum atomic E-state index is -1.08. The third-order valence-corrected chi connectivity index (χ3v) is 4.00. The van der Waals surface area contributed by atoms with Gasteiger partial charge in [-0.15, -0.1) is 23.2 Å². The first-order chi connectivity index (χ1) is 8.56. The van der Waals surface area contributed by atoms with Crippen LogP contribution in [0.5, 0.6) is 5.75 Å². The third-order valence-electron chi connectivity index (χ3n) is 2.94. The Bertz CT molecular complexity index is 455. The van der Waals surface area contributed by atoms with E-state index in [0.29, 0.717) is 5.75 Å². The SMILES string of the molecule is COc1ccccc1CN1C(=O)C(Cl)C(Cl)C1O. The molecule has 0 radical (unpaired) electrons. The van der Waals surface area contributed by atoms with E-state index in [-0.39, 0.29) is 12.5 Å². The Morgan fingerprint density at radius 2 is 2.06 bits per heavy atom. The Labute approximate surface area is 115 Å². The zero-order valence-electron chi connectivity index (χ0n) is 9.72. The van der Waals surface area contributed by atoms with Gasteiger partial charge in [-0.05, 0) is 6.07 Å². The molecule has 6 heteroatoms. The normalized spacial score (nSPS) is 27.7. The Morgan fingerprint density at radius 3 is 2.61 bits per heavy atom. The van der Waals surface area contributed by atoms with Crippen LogP contribution < -0.4 is 4.74 Å². The minimum absolute atomic E-state index is 0.219. The van der Waals surface area contributed by atoms with Crippen molar-refractivity contribution in [2.24, 2.45) is 0 Å². The number of likely N-dealkylation sites (tertiary alicyclic amines) is 1. The summed E-state index contributed by atoms with van der Waals surface area (Å²) in [7, 11) is 1.55. The first-order valence-corrected chi connectivity index (χ1v) is 6.32. The highest BCUT2D eigenvalue weighted by molar-refractivity contribution is 6.38. The summed E-state index contributed by atoms with van der Waals surface area (Å²) >= 11 is 11.7. The number of amides is 1. The maximum Gasteiger partial charge on any atom is 0.244 e. The summed E-state index contributed by atoms with van der Waals surface area (Å²) in [6.07, 6.45) is -1.08. The van der Waals surface area contributed by atoms with E-state index < -0.39 is 17.0 Å². The fourth-order valence-corrected chi connectivity index (χ4v) is 2.44. The lowest BCUT2D eigenvalue weighted by Crippen LogP contribution is -2.35. The molecule has 1 aromatic rings. The lowest BCUT2D eigenvalue weighted by Gasteiger charge is -2.22. The van der Waals surface area contributed by atoms with Gasteiger partial charge in [-0.25, -0.2) is 0 Å². The molecule has 18 heavy (non-hydrogen) atoms. The van der Waals surface area contributed by atoms with Gasteiger partial charge in [0.05, 0.1) is 13.7 Å². The van der Waals surface area contributed by atoms with Gasteiger partial charge in [-0.3, -0.25) is 4.79 Å². The summed E-state index contributed by atoms with van der Waals surface area (Å²) in [4.78, 5) is 13.1. The number of rotatable bonds is 3. The van der Waals surface area contributed by atoms with Gasteiger partial charge in [0.1, 0.15) is 22.7 Å². The second-order valence-electron chi connectivity index (χ2n) is 4.04. The first-order valence-electron chi connectivity index (χ1n) is 5.45. The molecule has 98 valence electrons. The van der Waals surface area contributed by atoms with Gasteiger partial charge in [0.2, 0.25) is 5.91 Å². The molecule has 1 fully saturated rings. The van der Waals surface area contributed by atoms with Gasteiger partial charge < -0.3 is 14.7 Å².